The molecule has 3 heterocycles. The molecule has 0 saturated carbocycles. The van der Waals surface area contributed by atoms with Gasteiger partial charge < -0.3 is 4.74 Å². The van der Waals surface area contributed by atoms with Crippen LogP contribution in [0.3, 0.4) is 0 Å². The van der Waals surface area contributed by atoms with E-state index in [1.165, 1.54) is 0 Å². The van der Waals surface area contributed by atoms with Crippen LogP contribution in [-0.4, -0.2) is 24.8 Å². The van der Waals surface area contributed by atoms with Crippen LogP contribution >= 0.6 is 0 Å². The number of hydrogen-bond donors (Lipinski definition) is 1. The molecule has 0 bridgehead atoms. The highest BCUT2D eigenvalue weighted by molar-refractivity contribution is 5.76. The van der Waals surface area contributed by atoms with Crippen molar-refractivity contribution in [1.29, 1.82) is 0 Å². The number of hydrogen-bond acceptors (Lipinski definition) is 4. The van der Waals surface area contributed by atoms with Crippen molar-refractivity contribution in [3.05, 3.63) is 66.3 Å². The Morgan fingerprint density at radius 3 is 2.92 bits per heavy atom. The Morgan fingerprint density at radius 2 is 2.08 bits per heavy atom. The van der Waals surface area contributed by atoms with Gasteiger partial charge in [0.25, 0.3) is 0 Å². The summed E-state index contributed by atoms with van der Waals surface area (Å²) < 4.78 is 33.9. The minimum Gasteiger partial charge on any atom is -0.473 e. The van der Waals surface area contributed by atoms with Gasteiger partial charge in [0.1, 0.15) is 18.2 Å². The second-order valence-electron chi connectivity index (χ2n) is 5.10. The van der Waals surface area contributed by atoms with E-state index in [0.29, 0.717) is 5.65 Å². The number of ether oxygens (including phenoxy) is 1. The number of fused-ring (bicyclic) bond motifs is 1. The second-order valence-corrected chi connectivity index (χ2v) is 5.10. The Bertz CT molecular complexity index is 997. The highest BCUT2D eigenvalue weighted by Crippen LogP contribution is 2.23. The van der Waals surface area contributed by atoms with E-state index in [-0.39, 0.29) is 18.1 Å². The molecular weight excluding hydrogens is 316 g/mol. The van der Waals surface area contributed by atoms with Gasteiger partial charge in [-0.1, -0.05) is 0 Å². The maximum Gasteiger partial charge on any atom is 0.217 e. The van der Waals surface area contributed by atoms with Crippen molar-refractivity contribution in [1.82, 2.24) is 24.8 Å². The smallest absolute Gasteiger partial charge is 0.217 e. The summed E-state index contributed by atoms with van der Waals surface area (Å²) in [6, 6.07) is 4.84. The zero-order valence-electron chi connectivity index (χ0n) is 12.3. The average molecular weight is 327 g/mol. The topological polar surface area (TPSA) is 68.1 Å². The van der Waals surface area contributed by atoms with E-state index in [1.54, 1.807) is 35.4 Å². The van der Waals surface area contributed by atoms with E-state index in [2.05, 4.69) is 20.3 Å². The first-order valence-corrected chi connectivity index (χ1v) is 7.11. The number of aromatic amines is 1. The van der Waals surface area contributed by atoms with Crippen LogP contribution < -0.4 is 4.74 Å². The van der Waals surface area contributed by atoms with Gasteiger partial charge in [-0.2, -0.15) is 15.2 Å². The van der Waals surface area contributed by atoms with Crippen LogP contribution in [-0.2, 0) is 6.61 Å². The molecule has 120 valence electrons. The largest absolute Gasteiger partial charge is 0.473 e. The molecular formula is C16H11F2N5O. The maximum absolute atomic E-state index is 13.6. The zero-order valence-corrected chi connectivity index (χ0v) is 12.3. The van der Waals surface area contributed by atoms with Crippen molar-refractivity contribution in [3.63, 3.8) is 0 Å². The van der Waals surface area contributed by atoms with Crippen LogP contribution in [0, 0.1) is 11.6 Å². The molecule has 0 radical (unpaired) electrons. The Kier molecular flexibility index (Phi) is 3.42. The third-order valence-corrected chi connectivity index (χ3v) is 3.54. The Hall–Kier alpha value is -3.29. The lowest BCUT2D eigenvalue weighted by Gasteiger charge is -2.07. The fourth-order valence-electron chi connectivity index (χ4n) is 2.34. The Labute approximate surface area is 134 Å². The zero-order chi connectivity index (χ0) is 16.5. The van der Waals surface area contributed by atoms with E-state index in [1.807, 2.05) is 0 Å². The number of halogens is 2. The predicted octanol–water partition coefficient (Wildman–Crippen LogP) is 2.98. The van der Waals surface area contributed by atoms with Gasteiger partial charge in [-0.15, -0.1) is 0 Å². The molecule has 0 aliphatic carbocycles. The van der Waals surface area contributed by atoms with Crippen molar-refractivity contribution in [3.8, 4) is 17.0 Å². The summed E-state index contributed by atoms with van der Waals surface area (Å²) in [5.41, 5.74) is 2.32. The number of benzene rings is 1. The fraction of sp³-hybridized carbons (Fsp3) is 0.0625. The van der Waals surface area contributed by atoms with Gasteiger partial charge in [0.2, 0.25) is 5.88 Å². The Balaban J connectivity index is 1.63. The van der Waals surface area contributed by atoms with Gasteiger partial charge >= 0.3 is 0 Å². The average Bonchev–Trinajstić information content (AvgIpc) is 3.24. The molecule has 4 aromatic rings. The number of nitrogens with zero attached hydrogens (tertiary/aromatic N) is 4. The number of nitrogens with one attached hydrogen (secondary N) is 1. The lowest BCUT2D eigenvalue weighted by Crippen LogP contribution is -2.02. The summed E-state index contributed by atoms with van der Waals surface area (Å²) in [6.45, 7) is -0.123. The molecule has 0 amide bonds. The quantitative estimate of drug-likeness (QED) is 0.626. The lowest BCUT2D eigenvalue weighted by molar-refractivity contribution is 0.287. The van der Waals surface area contributed by atoms with Crippen LogP contribution in [0.4, 0.5) is 8.78 Å². The summed E-state index contributed by atoms with van der Waals surface area (Å²) in [6.07, 6.45) is 6.75. The summed E-state index contributed by atoms with van der Waals surface area (Å²) >= 11 is 0. The predicted molar refractivity (Wildman–Crippen MR) is 81.3 cm³/mol. The van der Waals surface area contributed by atoms with Gasteiger partial charge in [-0.25, -0.2) is 13.3 Å². The van der Waals surface area contributed by atoms with Crippen molar-refractivity contribution in [2.75, 3.05) is 0 Å². The first-order valence-electron chi connectivity index (χ1n) is 7.11. The van der Waals surface area contributed by atoms with E-state index in [0.717, 1.165) is 29.3 Å². The molecule has 0 atom stereocenters. The van der Waals surface area contributed by atoms with Gasteiger partial charge in [-0.3, -0.25) is 5.10 Å². The number of aromatic nitrogens is 5. The molecule has 0 saturated heterocycles. The third-order valence-electron chi connectivity index (χ3n) is 3.54. The minimum absolute atomic E-state index is 0.123. The molecule has 0 aliphatic rings. The first-order chi connectivity index (χ1) is 11.7. The highest BCUT2D eigenvalue weighted by atomic mass is 19.1. The second kappa shape index (κ2) is 5.73. The van der Waals surface area contributed by atoms with E-state index in [9.17, 15) is 8.78 Å². The van der Waals surface area contributed by atoms with Crippen LogP contribution in [0.15, 0.2) is 49.1 Å². The molecule has 24 heavy (non-hydrogen) atoms. The summed E-state index contributed by atoms with van der Waals surface area (Å²) in [4.78, 5) is 4.38. The third kappa shape index (κ3) is 2.58. The molecule has 0 aliphatic heterocycles. The van der Waals surface area contributed by atoms with Gasteiger partial charge in [0.15, 0.2) is 5.65 Å². The highest BCUT2D eigenvalue weighted by Gasteiger charge is 2.11. The number of H-pyrrole nitrogens is 1. The molecule has 0 fully saturated rings. The lowest BCUT2D eigenvalue weighted by atomic mass is 10.2. The van der Waals surface area contributed by atoms with Crippen molar-refractivity contribution < 1.29 is 13.5 Å². The van der Waals surface area contributed by atoms with Crippen molar-refractivity contribution >= 4 is 5.65 Å². The monoisotopic (exact) mass is 327 g/mol. The first kappa shape index (κ1) is 14.3. The standard InChI is InChI=1S/C16H11F2N5O/c17-12-1-2-14(18)10(5-12)9-24-15-3-4-23-16(22-15)13(8-21-23)11-6-19-20-7-11/h1-8H,9H2,(H,19,20). The van der Waals surface area contributed by atoms with Crippen LogP contribution in [0.2, 0.25) is 0 Å². The van der Waals surface area contributed by atoms with Gasteiger partial charge in [-0.05, 0) is 18.2 Å². The SMILES string of the molecule is Fc1ccc(F)c(COc2ccn3ncc(-c4cn[nH]c4)c3n2)c1. The molecule has 6 nitrogen and oxygen atoms in total. The molecule has 1 aromatic carbocycles. The van der Waals surface area contributed by atoms with Crippen molar-refractivity contribution in [2.45, 2.75) is 6.61 Å². The minimum atomic E-state index is -0.527. The molecule has 3 aromatic heterocycles. The van der Waals surface area contributed by atoms with E-state index in [4.69, 9.17) is 4.74 Å². The fourth-order valence-corrected chi connectivity index (χ4v) is 2.34. The van der Waals surface area contributed by atoms with Gasteiger partial charge in [0, 0.05) is 35.2 Å². The molecule has 1 N–H and O–H groups in total. The normalized spacial score (nSPS) is 11.1. The number of rotatable bonds is 4. The summed E-state index contributed by atoms with van der Waals surface area (Å²) in [5.74, 6) is -0.756. The van der Waals surface area contributed by atoms with Gasteiger partial charge in [0.05, 0.1) is 12.4 Å². The van der Waals surface area contributed by atoms with E-state index >= 15 is 0 Å². The molecule has 0 spiro atoms. The molecule has 4 rings (SSSR count). The van der Waals surface area contributed by atoms with Crippen molar-refractivity contribution in [2.24, 2.45) is 0 Å². The van der Waals surface area contributed by atoms with Crippen LogP contribution in [0.25, 0.3) is 16.8 Å². The molecule has 0 unspecified atom stereocenters. The Morgan fingerprint density at radius 1 is 1.17 bits per heavy atom. The summed E-state index contributed by atoms with van der Waals surface area (Å²) in [5, 5.41) is 10.8. The maximum atomic E-state index is 13.6. The van der Waals surface area contributed by atoms with Crippen LogP contribution in [0.5, 0.6) is 5.88 Å². The molecule has 8 heteroatoms. The van der Waals surface area contributed by atoms with E-state index < -0.39 is 11.6 Å². The summed E-state index contributed by atoms with van der Waals surface area (Å²) in [7, 11) is 0. The van der Waals surface area contributed by atoms with Crippen LogP contribution in [0.1, 0.15) is 5.56 Å².